The van der Waals surface area contributed by atoms with Gasteiger partial charge in [-0.05, 0) is 18.6 Å². The van der Waals surface area contributed by atoms with Gasteiger partial charge < -0.3 is 14.8 Å². The van der Waals surface area contributed by atoms with Crippen molar-refractivity contribution in [1.29, 1.82) is 0 Å². The fourth-order valence-electron chi connectivity index (χ4n) is 2.14. The van der Waals surface area contributed by atoms with E-state index in [4.69, 9.17) is 9.47 Å². The van der Waals surface area contributed by atoms with Gasteiger partial charge in [0.15, 0.2) is 16.7 Å². The molecule has 0 radical (unpaired) electrons. The third-order valence-corrected chi connectivity index (χ3v) is 4.14. The fourth-order valence-corrected chi connectivity index (χ4v) is 2.91. The Kier molecular flexibility index (Phi) is 4.56. The number of benzene rings is 1. The summed E-state index contributed by atoms with van der Waals surface area (Å²) in [6, 6.07) is 5.21. The highest BCUT2D eigenvalue weighted by atomic mass is 32.2. The lowest BCUT2D eigenvalue weighted by molar-refractivity contribution is -0.113. The summed E-state index contributed by atoms with van der Waals surface area (Å²) in [7, 11) is 0. The van der Waals surface area contributed by atoms with E-state index in [9.17, 15) is 9.59 Å². The van der Waals surface area contributed by atoms with E-state index in [0.29, 0.717) is 28.9 Å². The van der Waals surface area contributed by atoms with Crippen LogP contribution in [0.3, 0.4) is 0 Å². The van der Waals surface area contributed by atoms with Crippen molar-refractivity contribution in [1.82, 2.24) is 14.8 Å². The maximum absolute atomic E-state index is 12.0. The molecule has 1 aliphatic rings. The molecule has 0 fully saturated rings. The summed E-state index contributed by atoms with van der Waals surface area (Å²) in [4.78, 5) is 23.6. The number of carbonyl (C=O) groups excluding carboxylic acids is 1. The number of hydrogen-bond acceptors (Lipinski definition) is 6. The molecule has 0 atom stereocenters. The van der Waals surface area contributed by atoms with Crippen molar-refractivity contribution < 1.29 is 14.3 Å². The molecule has 0 unspecified atom stereocenters. The van der Waals surface area contributed by atoms with Crippen LogP contribution in [0, 0.1) is 0 Å². The number of carbonyl (C=O) groups is 1. The molecule has 1 amide bonds. The van der Waals surface area contributed by atoms with Gasteiger partial charge in [-0.3, -0.25) is 9.36 Å². The second-order valence-electron chi connectivity index (χ2n) is 4.87. The minimum Gasteiger partial charge on any atom is -0.454 e. The van der Waals surface area contributed by atoms with Gasteiger partial charge in [0.2, 0.25) is 12.7 Å². The number of thioether (sulfide) groups is 1. The van der Waals surface area contributed by atoms with Crippen molar-refractivity contribution in [2.45, 2.75) is 25.0 Å². The number of ether oxygens (including phenoxy) is 2. The van der Waals surface area contributed by atoms with E-state index < -0.39 is 0 Å². The lowest BCUT2D eigenvalue weighted by Gasteiger charge is -2.06. The van der Waals surface area contributed by atoms with Crippen LogP contribution in [-0.4, -0.2) is 33.2 Å². The first-order valence-corrected chi connectivity index (χ1v) is 8.13. The molecule has 2 N–H and O–H groups in total. The number of nitrogens with one attached hydrogen (secondary N) is 2. The number of aromatic amines is 1. The Hall–Kier alpha value is -2.42. The summed E-state index contributed by atoms with van der Waals surface area (Å²) < 4.78 is 12.0. The predicted octanol–water partition coefficient (Wildman–Crippen LogP) is 1.44. The number of fused-ring (bicyclic) bond motifs is 1. The summed E-state index contributed by atoms with van der Waals surface area (Å²) >= 11 is 1.21. The van der Waals surface area contributed by atoms with E-state index in [1.54, 1.807) is 18.2 Å². The van der Waals surface area contributed by atoms with Crippen molar-refractivity contribution in [2.24, 2.45) is 0 Å². The molecular formula is C14H16N4O4S. The molecule has 0 saturated heterocycles. The molecule has 2 aromatic rings. The maximum atomic E-state index is 12.0. The van der Waals surface area contributed by atoms with Crippen molar-refractivity contribution in [3.05, 3.63) is 28.7 Å². The zero-order valence-electron chi connectivity index (χ0n) is 12.5. The number of amides is 1. The normalized spacial score (nSPS) is 12.4. The molecule has 3 rings (SSSR count). The molecule has 0 saturated carbocycles. The summed E-state index contributed by atoms with van der Waals surface area (Å²) in [5.74, 6) is 1.24. The SMILES string of the molecule is CCCn1c(SCC(=O)Nc2ccc3c(c2)OCO3)n[nH]c1=O. The van der Waals surface area contributed by atoms with Crippen LogP contribution < -0.4 is 20.5 Å². The number of hydrogen-bond donors (Lipinski definition) is 2. The fraction of sp³-hybridized carbons (Fsp3) is 0.357. The molecule has 2 heterocycles. The van der Waals surface area contributed by atoms with Gasteiger partial charge in [0.25, 0.3) is 0 Å². The zero-order chi connectivity index (χ0) is 16.2. The average molecular weight is 336 g/mol. The van der Waals surface area contributed by atoms with E-state index in [1.165, 1.54) is 16.3 Å². The molecule has 9 heteroatoms. The summed E-state index contributed by atoms with van der Waals surface area (Å²) in [6.45, 7) is 2.73. The highest BCUT2D eigenvalue weighted by Gasteiger charge is 2.15. The van der Waals surface area contributed by atoms with Crippen LogP contribution in [0.25, 0.3) is 0 Å². The first-order valence-electron chi connectivity index (χ1n) is 7.15. The lowest BCUT2D eigenvalue weighted by atomic mass is 10.3. The van der Waals surface area contributed by atoms with E-state index in [2.05, 4.69) is 15.5 Å². The van der Waals surface area contributed by atoms with Crippen molar-refractivity contribution in [3.8, 4) is 11.5 Å². The first-order chi connectivity index (χ1) is 11.2. The minimum atomic E-state index is -0.259. The van der Waals surface area contributed by atoms with Crippen LogP contribution in [0.15, 0.2) is 28.2 Å². The van der Waals surface area contributed by atoms with Gasteiger partial charge in [0.1, 0.15) is 0 Å². The number of anilines is 1. The highest BCUT2D eigenvalue weighted by molar-refractivity contribution is 7.99. The quantitative estimate of drug-likeness (QED) is 0.775. The standard InChI is InChI=1S/C14H16N4O4S/c1-2-5-18-13(20)16-17-14(18)23-7-12(19)15-9-3-4-10-11(6-9)22-8-21-10/h3-4,6H,2,5,7-8H2,1H3,(H,15,19)(H,16,20). The third kappa shape index (κ3) is 3.50. The minimum absolute atomic E-state index is 0.155. The van der Waals surface area contributed by atoms with E-state index in [0.717, 1.165) is 6.42 Å². The van der Waals surface area contributed by atoms with Crippen molar-refractivity contribution in [2.75, 3.05) is 17.9 Å². The molecule has 23 heavy (non-hydrogen) atoms. The van der Waals surface area contributed by atoms with Gasteiger partial charge in [0.05, 0.1) is 5.75 Å². The molecule has 8 nitrogen and oxygen atoms in total. The Morgan fingerprint density at radius 1 is 1.43 bits per heavy atom. The van der Waals surface area contributed by atoms with Crippen LogP contribution >= 0.6 is 11.8 Å². The van der Waals surface area contributed by atoms with Crippen molar-refractivity contribution in [3.63, 3.8) is 0 Å². The predicted molar refractivity (Wildman–Crippen MR) is 85.1 cm³/mol. The molecule has 0 aliphatic carbocycles. The van der Waals surface area contributed by atoms with Crippen LogP contribution in [0.2, 0.25) is 0 Å². The van der Waals surface area contributed by atoms with Crippen molar-refractivity contribution >= 4 is 23.4 Å². The van der Waals surface area contributed by atoms with Crippen LogP contribution in [0.4, 0.5) is 5.69 Å². The Bertz CT molecular complexity index is 770. The van der Waals surface area contributed by atoms with Crippen LogP contribution in [-0.2, 0) is 11.3 Å². The average Bonchev–Trinajstić information content (AvgIpc) is 3.13. The second-order valence-corrected chi connectivity index (χ2v) is 5.81. The topological polar surface area (TPSA) is 98.2 Å². The number of nitrogens with zero attached hydrogens (tertiary/aromatic N) is 2. The highest BCUT2D eigenvalue weighted by Crippen LogP contribution is 2.34. The van der Waals surface area contributed by atoms with E-state index >= 15 is 0 Å². The number of H-pyrrole nitrogens is 1. The van der Waals surface area contributed by atoms with Crippen LogP contribution in [0.5, 0.6) is 11.5 Å². The van der Waals surface area contributed by atoms with Gasteiger partial charge >= 0.3 is 5.69 Å². The Morgan fingerprint density at radius 2 is 2.26 bits per heavy atom. The maximum Gasteiger partial charge on any atom is 0.343 e. The monoisotopic (exact) mass is 336 g/mol. The Morgan fingerprint density at radius 3 is 3.09 bits per heavy atom. The third-order valence-electron chi connectivity index (χ3n) is 3.16. The molecule has 122 valence electrons. The number of rotatable bonds is 6. The smallest absolute Gasteiger partial charge is 0.343 e. The molecule has 1 aliphatic heterocycles. The Balaban J connectivity index is 1.59. The first kappa shape index (κ1) is 15.5. The van der Waals surface area contributed by atoms with E-state index in [-0.39, 0.29) is 24.1 Å². The van der Waals surface area contributed by atoms with Gasteiger partial charge in [-0.25, -0.2) is 9.89 Å². The molecule has 1 aromatic carbocycles. The molecule has 0 spiro atoms. The van der Waals surface area contributed by atoms with E-state index in [1.807, 2.05) is 6.92 Å². The molecule has 1 aromatic heterocycles. The molecule has 0 bridgehead atoms. The number of aromatic nitrogens is 3. The lowest BCUT2D eigenvalue weighted by Crippen LogP contribution is -2.18. The summed E-state index contributed by atoms with van der Waals surface area (Å²) in [6.07, 6.45) is 0.816. The van der Waals surface area contributed by atoms with Gasteiger partial charge in [-0.2, -0.15) is 0 Å². The Labute approximate surface area is 136 Å². The zero-order valence-corrected chi connectivity index (χ0v) is 13.3. The van der Waals surface area contributed by atoms with Gasteiger partial charge in [-0.1, -0.05) is 18.7 Å². The summed E-state index contributed by atoms with van der Waals surface area (Å²) in [5, 5.41) is 9.62. The largest absolute Gasteiger partial charge is 0.454 e. The van der Waals surface area contributed by atoms with Gasteiger partial charge in [0, 0.05) is 18.3 Å². The van der Waals surface area contributed by atoms with Crippen LogP contribution in [0.1, 0.15) is 13.3 Å². The van der Waals surface area contributed by atoms with Gasteiger partial charge in [-0.15, -0.1) is 5.10 Å². The molecular weight excluding hydrogens is 320 g/mol. The summed E-state index contributed by atoms with van der Waals surface area (Å²) in [5.41, 5.74) is 0.373. The second kappa shape index (κ2) is 6.78.